The van der Waals surface area contributed by atoms with Gasteiger partial charge in [-0.2, -0.15) is 5.10 Å². The van der Waals surface area contributed by atoms with Crippen molar-refractivity contribution in [1.29, 1.82) is 0 Å². The van der Waals surface area contributed by atoms with Crippen LogP contribution in [0.15, 0.2) is 59.5 Å². The third-order valence-corrected chi connectivity index (χ3v) is 10.9. The first-order valence-corrected chi connectivity index (χ1v) is 16.3. The normalized spacial score (nSPS) is 14.7. The maximum Gasteiger partial charge on any atom is 0.281 e. The molecule has 4 aromatic rings. The van der Waals surface area contributed by atoms with Crippen LogP contribution in [0.3, 0.4) is 0 Å². The molecule has 4 heterocycles. The Morgan fingerprint density at radius 2 is 1.72 bits per heavy atom. The van der Waals surface area contributed by atoms with Crippen molar-refractivity contribution < 1.29 is 22.8 Å². The molecule has 0 saturated carbocycles. The molecule has 2 aromatic heterocycles. The largest absolute Gasteiger partial charge is 0.337 e. The summed E-state index contributed by atoms with van der Waals surface area (Å²) in [6, 6.07) is 15.1. The van der Waals surface area contributed by atoms with E-state index in [-0.39, 0.29) is 22.3 Å². The number of nitrogens with one attached hydrogen (secondary N) is 1. The van der Waals surface area contributed by atoms with Crippen molar-refractivity contribution in [3.8, 4) is 0 Å². The first-order chi connectivity index (χ1) is 20.5. The summed E-state index contributed by atoms with van der Waals surface area (Å²) in [6.45, 7) is 6.33. The van der Waals surface area contributed by atoms with Gasteiger partial charge in [0.05, 0.1) is 28.4 Å². The number of amides is 2. The van der Waals surface area contributed by atoms with Crippen LogP contribution >= 0.6 is 11.3 Å². The maximum atomic E-state index is 13.8. The van der Waals surface area contributed by atoms with E-state index < -0.39 is 15.9 Å². The third kappa shape index (κ3) is 5.25. The van der Waals surface area contributed by atoms with E-state index in [1.165, 1.54) is 51.5 Å². The number of hydrogen-bond acceptors (Lipinski definition) is 7. The van der Waals surface area contributed by atoms with Gasteiger partial charge in [0, 0.05) is 36.1 Å². The highest BCUT2D eigenvalue weighted by atomic mass is 32.2. The number of benzene rings is 2. The Kier molecular flexibility index (Phi) is 7.43. The standard InChI is InChI=1S/C31H31N5O5S2/c1-19-17-20(2)36(33-19)31(39)28-25-14-16-34(21(3)37)18-27(25)42-30(28)32-29(38)23-10-12-24(13-11-23)43(40,41)35-15-6-8-22-7-4-5-9-26(22)35/h4-5,7,9-13,17H,6,8,14-16,18H2,1-3H3,(H,32,38). The van der Waals surface area contributed by atoms with Gasteiger partial charge in [-0.25, -0.2) is 13.1 Å². The minimum atomic E-state index is -3.82. The molecule has 0 spiro atoms. The molecule has 10 nitrogen and oxygen atoms in total. The SMILES string of the molecule is CC(=O)N1CCc2c(sc(NC(=O)c3ccc(S(=O)(=O)N4CCCc5ccccc54)cc3)c2C(=O)n2nc(C)cc2C)C1. The zero-order chi connectivity index (χ0) is 30.5. The summed E-state index contributed by atoms with van der Waals surface area (Å²) < 4.78 is 29.9. The highest BCUT2D eigenvalue weighted by Gasteiger charge is 2.32. The molecule has 0 aliphatic carbocycles. The zero-order valence-corrected chi connectivity index (χ0v) is 25.7. The van der Waals surface area contributed by atoms with Gasteiger partial charge < -0.3 is 10.2 Å². The summed E-state index contributed by atoms with van der Waals surface area (Å²) in [5.74, 6) is -0.881. The average molecular weight is 618 g/mol. The van der Waals surface area contributed by atoms with E-state index in [4.69, 9.17) is 0 Å². The molecule has 12 heteroatoms. The zero-order valence-electron chi connectivity index (χ0n) is 24.1. The second-order valence-corrected chi connectivity index (χ2v) is 13.8. The van der Waals surface area contributed by atoms with Crippen LogP contribution in [0.1, 0.15) is 61.5 Å². The predicted molar refractivity (Wildman–Crippen MR) is 164 cm³/mol. The summed E-state index contributed by atoms with van der Waals surface area (Å²) in [5, 5.41) is 7.62. The van der Waals surface area contributed by atoms with Gasteiger partial charge in [-0.05, 0) is 80.6 Å². The highest BCUT2D eigenvalue weighted by molar-refractivity contribution is 7.92. The van der Waals surface area contributed by atoms with Gasteiger partial charge in [0.15, 0.2) is 0 Å². The number of aromatic nitrogens is 2. The molecule has 1 N–H and O–H groups in total. The quantitative estimate of drug-likeness (QED) is 0.351. The molecule has 0 fully saturated rings. The number of hydrogen-bond donors (Lipinski definition) is 1. The molecule has 43 heavy (non-hydrogen) atoms. The van der Waals surface area contributed by atoms with Gasteiger partial charge in [-0.3, -0.25) is 18.7 Å². The smallest absolute Gasteiger partial charge is 0.281 e. The number of sulfonamides is 1. The minimum absolute atomic E-state index is 0.0564. The fraction of sp³-hybridized carbons (Fsp3) is 0.290. The van der Waals surface area contributed by atoms with Crippen molar-refractivity contribution in [3.63, 3.8) is 0 Å². The number of aryl methyl sites for hydroxylation is 3. The Balaban J connectivity index is 1.29. The lowest BCUT2D eigenvalue weighted by Crippen LogP contribution is -2.35. The van der Waals surface area contributed by atoms with Crippen LogP contribution in [0.2, 0.25) is 0 Å². The lowest BCUT2D eigenvalue weighted by molar-refractivity contribution is -0.129. The van der Waals surface area contributed by atoms with Crippen molar-refractivity contribution in [2.45, 2.75) is 51.5 Å². The molecule has 2 aliphatic heterocycles. The summed E-state index contributed by atoms with van der Waals surface area (Å²) in [5.41, 5.74) is 4.47. The van der Waals surface area contributed by atoms with E-state index in [9.17, 15) is 22.8 Å². The first kappa shape index (κ1) is 28.8. The van der Waals surface area contributed by atoms with Crippen molar-refractivity contribution in [3.05, 3.63) is 93.1 Å². The minimum Gasteiger partial charge on any atom is -0.337 e. The lowest BCUT2D eigenvalue weighted by Gasteiger charge is -2.30. The number of para-hydroxylation sites is 1. The Hall–Kier alpha value is -4.29. The van der Waals surface area contributed by atoms with E-state index in [0.29, 0.717) is 53.7 Å². The van der Waals surface area contributed by atoms with Crippen LogP contribution in [0.5, 0.6) is 0 Å². The van der Waals surface area contributed by atoms with Crippen LogP contribution in [0.4, 0.5) is 10.7 Å². The molecule has 0 atom stereocenters. The van der Waals surface area contributed by atoms with Crippen molar-refractivity contribution in [2.75, 3.05) is 22.7 Å². The highest BCUT2D eigenvalue weighted by Crippen LogP contribution is 2.38. The maximum absolute atomic E-state index is 13.8. The second-order valence-electron chi connectivity index (χ2n) is 10.8. The van der Waals surface area contributed by atoms with E-state index in [1.807, 2.05) is 30.3 Å². The lowest BCUT2D eigenvalue weighted by atomic mass is 10.0. The molecule has 0 unspecified atom stereocenters. The van der Waals surface area contributed by atoms with E-state index >= 15 is 0 Å². The molecule has 0 bridgehead atoms. The Labute approximate surface area is 254 Å². The topological polar surface area (TPSA) is 122 Å². The Bertz CT molecular complexity index is 1870. The number of fused-ring (bicyclic) bond motifs is 2. The summed E-state index contributed by atoms with van der Waals surface area (Å²) >= 11 is 1.27. The van der Waals surface area contributed by atoms with Gasteiger partial charge in [-0.15, -0.1) is 11.3 Å². The average Bonchev–Trinajstić information content (AvgIpc) is 3.53. The van der Waals surface area contributed by atoms with Gasteiger partial charge >= 0.3 is 0 Å². The fourth-order valence-electron chi connectivity index (χ4n) is 5.76. The van der Waals surface area contributed by atoms with Crippen LogP contribution < -0.4 is 9.62 Å². The van der Waals surface area contributed by atoms with E-state index in [1.54, 1.807) is 18.7 Å². The molecule has 222 valence electrons. The number of nitrogens with zero attached hydrogens (tertiary/aromatic N) is 4. The predicted octanol–water partition coefficient (Wildman–Crippen LogP) is 4.55. The van der Waals surface area contributed by atoms with E-state index in [0.717, 1.165) is 28.8 Å². The van der Waals surface area contributed by atoms with Gasteiger partial charge in [-0.1, -0.05) is 18.2 Å². The summed E-state index contributed by atoms with van der Waals surface area (Å²) in [7, 11) is -3.82. The monoisotopic (exact) mass is 617 g/mol. The number of anilines is 2. The summed E-state index contributed by atoms with van der Waals surface area (Å²) in [4.78, 5) is 41.9. The number of thiophene rings is 1. The molecule has 2 aromatic carbocycles. The first-order valence-electron chi connectivity index (χ1n) is 14.0. The fourth-order valence-corrected chi connectivity index (χ4v) is 8.55. The molecule has 0 radical (unpaired) electrons. The van der Waals surface area contributed by atoms with Crippen LogP contribution in [0.25, 0.3) is 0 Å². The van der Waals surface area contributed by atoms with Crippen LogP contribution in [-0.4, -0.2) is 53.9 Å². The molecular formula is C31H31N5O5S2. The van der Waals surface area contributed by atoms with Crippen molar-refractivity contribution in [1.82, 2.24) is 14.7 Å². The van der Waals surface area contributed by atoms with Crippen molar-refractivity contribution >= 4 is 49.8 Å². The van der Waals surface area contributed by atoms with Crippen LogP contribution in [-0.2, 0) is 34.2 Å². The Morgan fingerprint density at radius 3 is 2.42 bits per heavy atom. The van der Waals surface area contributed by atoms with Gasteiger partial charge in [0.1, 0.15) is 5.00 Å². The third-order valence-electron chi connectivity index (χ3n) is 7.92. The molecule has 6 rings (SSSR count). The van der Waals surface area contributed by atoms with Crippen LogP contribution in [0, 0.1) is 13.8 Å². The van der Waals surface area contributed by atoms with Gasteiger partial charge in [0.25, 0.3) is 21.8 Å². The second kappa shape index (κ2) is 11.1. The molecule has 2 aliphatic rings. The summed E-state index contributed by atoms with van der Waals surface area (Å²) in [6.07, 6.45) is 2.03. The van der Waals surface area contributed by atoms with E-state index in [2.05, 4.69) is 10.4 Å². The molecular weight excluding hydrogens is 587 g/mol. The molecule has 0 saturated heterocycles. The van der Waals surface area contributed by atoms with Crippen molar-refractivity contribution in [2.24, 2.45) is 0 Å². The Morgan fingerprint density at radius 1 is 0.977 bits per heavy atom. The number of carbonyl (C=O) groups is 3. The number of carbonyl (C=O) groups excluding carboxylic acids is 3. The van der Waals surface area contributed by atoms with Gasteiger partial charge in [0.2, 0.25) is 5.91 Å². The number of rotatable bonds is 5. The molecule has 2 amide bonds.